The van der Waals surface area contributed by atoms with E-state index in [0.29, 0.717) is 0 Å². The quantitative estimate of drug-likeness (QED) is 0.802. The van der Waals surface area contributed by atoms with E-state index in [1.165, 1.54) is 18.4 Å². The molecule has 3 rings (SSSR count). The third-order valence-corrected chi connectivity index (χ3v) is 4.93. The minimum absolute atomic E-state index is 0.886. The molecule has 1 aliphatic heterocycles. The number of benzene rings is 1. The molecule has 1 nitrogen and oxygen atoms in total. The number of hydrogen-bond donors (Lipinski definition) is 0. The van der Waals surface area contributed by atoms with E-state index in [0.717, 1.165) is 24.7 Å². The molecule has 0 unspecified atom stereocenters. The SMILES string of the molecule is Clc1ccccc1CN1CCc2ccsc2CC1. The Morgan fingerprint density at radius 3 is 2.83 bits per heavy atom. The van der Waals surface area contributed by atoms with Gasteiger partial charge in [-0.3, -0.25) is 4.90 Å². The van der Waals surface area contributed by atoms with Crippen molar-refractivity contribution >= 4 is 22.9 Å². The largest absolute Gasteiger partial charge is 0.298 e. The molecule has 0 fully saturated rings. The van der Waals surface area contributed by atoms with Crippen LogP contribution in [0.15, 0.2) is 35.7 Å². The number of thiophene rings is 1. The molecular formula is C15H16ClNS. The molecule has 2 heterocycles. The Balaban J connectivity index is 1.69. The van der Waals surface area contributed by atoms with Crippen LogP contribution in [0.5, 0.6) is 0 Å². The molecule has 0 aliphatic carbocycles. The van der Waals surface area contributed by atoms with Crippen LogP contribution < -0.4 is 0 Å². The maximum Gasteiger partial charge on any atom is 0.0451 e. The van der Waals surface area contributed by atoms with E-state index in [9.17, 15) is 0 Å². The van der Waals surface area contributed by atoms with Gasteiger partial charge < -0.3 is 0 Å². The van der Waals surface area contributed by atoms with E-state index in [2.05, 4.69) is 28.5 Å². The Kier molecular flexibility index (Phi) is 3.69. The van der Waals surface area contributed by atoms with Crippen LogP contribution in [-0.2, 0) is 19.4 Å². The third kappa shape index (κ3) is 2.61. The van der Waals surface area contributed by atoms with Crippen LogP contribution in [0.2, 0.25) is 5.02 Å². The van der Waals surface area contributed by atoms with Gasteiger partial charge in [-0.2, -0.15) is 0 Å². The molecule has 94 valence electrons. The predicted octanol–water partition coefficient (Wildman–Crippen LogP) is 4.00. The van der Waals surface area contributed by atoms with Gasteiger partial charge in [0.15, 0.2) is 0 Å². The molecule has 0 saturated carbocycles. The lowest BCUT2D eigenvalue weighted by Crippen LogP contribution is -2.26. The summed E-state index contributed by atoms with van der Waals surface area (Å²) in [4.78, 5) is 4.07. The summed E-state index contributed by atoms with van der Waals surface area (Å²) in [6.45, 7) is 3.24. The molecule has 0 spiro atoms. The monoisotopic (exact) mass is 277 g/mol. The molecule has 0 saturated heterocycles. The van der Waals surface area contributed by atoms with Crippen molar-refractivity contribution in [2.75, 3.05) is 13.1 Å². The first-order valence-electron chi connectivity index (χ1n) is 6.34. The lowest BCUT2D eigenvalue weighted by Gasteiger charge is -2.20. The summed E-state index contributed by atoms with van der Waals surface area (Å²) in [6.07, 6.45) is 2.35. The van der Waals surface area contributed by atoms with Gasteiger partial charge in [0.25, 0.3) is 0 Å². The van der Waals surface area contributed by atoms with Gasteiger partial charge in [-0.15, -0.1) is 11.3 Å². The molecule has 1 aromatic carbocycles. The topological polar surface area (TPSA) is 3.24 Å². The Morgan fingerprint density at radius 2 is 1.94 bits per heavy atom. The Hall–Kier alpha value is -0.830. The lowest BCUT2D eigenvalue weighted by atomic mass is 10.2. The normalized spacial score (nSPS) is 16.3. The van der Waals surface area contributed by atoms with Crippen molar-refractivity contribution in [1.82, 2.24) is 4.90 Å². The summed E-state index contributed by atoms with van der Waals surface area (Å²) < 4.78 is 0. The fourth-order valence-electron chi connectivity index (χ4n) is 2.48. The van der Waals surface area contributed by atoms with Crippen LogP contribution in [0.1, 0.15) is 16.0 Å². The van der Waals surface area contributed by atoms with Gasteiger partial charge in [0.2, 0.25) is 0 Å². The molecule has 18 heavy (non-hydrogen) atoms. The van der Waals surface area contributed by atoms with E-state index in [1.54, 1.807) is 10.4 Å². The summed E-state index contributed by atoms with van der Waals surface area (Å²) >= 11 is 8.13. The number of nitrogens with zero attached hydrogens (tertiary/aromatic N) is 1. The van der Waals surface area contributed by atoms with Crippen LogP contribution in [0.3, 0.4) is 0 Å². The van der Waals surface area contributed by atoms with Gasteiger partial charge in [-0.1, -0.05) is 29.8 Å². The third-order valence-electron chi connectivity index (χ3n) is 3.54. The van der Waals surface area contributed by atoms with Gasteiger partial charge in [0.1, 0.15) is 0 Å². The molecule has 0 atom stereocenters. The second-order valence-corrected chi connectivity index (χ2v) is 6.14. The zero-order valence-corrected chi connectivity index (χ0v) is 11.8. The fourth-order valence-corrected chi connectivity index (χ4v) is 3.61. The van der Waals surface area contributed by atoms with Crippen LogP contribution in [0.25, 0.3) is 0 Å². The summed E-state index contributed by atoms with van der Waals surface area (Å²) in [7, 11) is 0. The van der Waals surface area contributed by atoms with E-state index >= 15 is 0 Å². The van der Waals surface area contributed by atoms with Gasteiger partial charge in [-0.25, -0.2) is 0 Å². The Morgan fingerprint density at radius 1 is 1.11 bits per heavy atom. The van der Waals surface area contributed by atoms with E-state index in [-0.39, 0.29) is 0 Å². The zero-order valence-electron chi connectivity index (χ0n) is 10.2. The number of halogens is 1. The first kappa shape index (κ1) is 12.2. The number of rotatable bonds is 2. The molecule has 1 aliphatic rings. The zero-order chi connectivity index (χ0) is 12.4. The minimum atomic E-state index is 0.886. The van der Waals surface area contributed by atoms with E-state index < -0.39 is 0 Å². The molecule has 2 aromatic rings. The van der Waals surface area contributed by atoms with Crippen LogP contribution in [0, 0.1) is 0 Å². The van der Waals surface area contributed by atoms with Crippen molar-refractivity contribution in [3.8, 4) is 0 Å². The van der Waals surface area contributed by atoms with Crippen molar-refractivity contribution in [3.63, 3.8) is 0 Å². The lowest BCUT2D eigenvalue weighted by molar-refractivity contribution is 0.279. The van der Waals surface area contributed by atoms with Gasteiger partial charge in [0.05, 0.1) is 0 Å². The van der Waals surface area contributed by atoms with E-state index in [4.69, 9.17) is 11.6 Å². The smallest absolute Gasteiger partial charge is 0.0451 e. The molecule has 0 radical (unpaired) electrons. The van der Waals surface area contributed by atoms with Crippen LogP contribution >= 0.6 is 22.9 Å². The van der Waals surface area contributed by atoms with Crippen molar-refractivity contribution < 1.29 is 0 Å². The maximum absolute atomic E-state index is 6.23. The average Bonchev–Trinajstić information content (AvgIpc) is 2.75. The van der Waals surface area contributed by atoms with Crippen molar-refractivity contribution in [1.29, 1.82) is 0 Å². The highest BCUT2D eigenvalue weighted by molar-refractivity contribution is 7.10. The highest BCUT2D eigenvalue weighted by Gasteiger charge is 2.15. The summed E-state index contributed by atoms with van der Waals surface area (Å²) in [6, 6.07) is 10.4. The predicted molar refractivity (Wildman–Crippen MR) is 78.5 cm³/mol. The van der Waals surface area contributed by atoms with Crippen molar-refractivity contribution in [2.45, 2.75) is 19.4 Å². The highest BCUT2D eigenvalue weighted by atomic mass is 35.5. The van der Waals surface area contributed by atoms with Crippen molar-refractivity contribution in [3.05, 3.63) is 56.7 Å². The summed E-state index contributed by atoms with van der Waals surface area (Å²) in [5, 5.41) is 3.10. The molecule has 0 N–H and O–H groups in total. The first-order chi connectivity index (χ1) is 8.83. The molecule has 1 aromatic heterocycles. The standard InChI is InChI=1S/C15H16ClNS/c16-14-4-2-1-3-13(14)11-17-8-5-12-7-10-18-15(12)6-9-17/h1-4,7,10H,5-6,8-9,11H2. The second-order valence-electron chi connectivity index (χ2n) is 4.74. The summed E-state index contributed by atoms with van der Waals surface area (Å²) in [5.74, 6) is 0. The number of fused-ring (bicyclic) bond motifs is 1. The average molecular weight is 278 g/mol. The van der Waals surface area contributed by atoms with Gasteiger partial charge >= 0.3 is 0 Å². The van der Waals surface area contributed by atoms with Crippen LogP contribution in [-0.4, -0.2) is 18.0 Å². The van der Waals surface area contributed by atoms with Crippen LogP contribution in [0.4, 0.5) is 0 Å². The number of hydrogen-bond acceptors (Lipinski definition) is 2. The van der Waals surface area contributed by atoms with Gasteiger partial charge in [0, 0.05) is 29.5 Å². The fraction of sp³-hybridized carbons (Fsp3) is 0.333. The first-order valence-corrected chi connectivity index (χ1v) is 7.60. The minimum Gasteiger partial charge on any atom is -0.298 e. The Labute approximate surface area is 117 Å². The molecule has 3 heteroatoms. The maximum atomic E-state index is 6.23. The summed E-state index contributed by atoms with van der Waals surface area (Å²) in [5.41, 5.74) is 2.78. The molecule has 0 bridgehead atoms. The molecule has 0 amide bonds. The Bertz CT molecular complexity index is 512. The van der Waals surface area contributed by atoms with E-state index in [1.807, 2.05) is 23.5 Å². The van der Waals surface area contributed by atoms with Gasteiger partial charge in [-0.05, 0) is 41.5 Å². The van der Waals surface area contributed by atoms with Crippen molar-refractivity contribution in [2.24, 2.45) is 0 Å². The second kappa shape index (κ2) is 5.43. The highest BCUT2D eigenvalue weighted by Crippen LogP contribution is 2.23. The molecular weight excluding hydrogens is 262 g/mol.